The van der Waals surface area contributed by atoms with Crippen LogP contribution in [0.2, 0.25) is 10.0 Å². The molecule has 4 heterocycles. The third-order valence-electron chi connectivity index (χ3n) is 5.30. The summed E-state index contributed by atoms with van der Waals surface area (Å²) in [7, 11) is 0. The number of anilines is 2. The van der Waals surface area contributed by atoms with Gasteiger partial charge < -0.3 is 16.5 Å². The predicted octanol–water partition coefficient (Wildman–Crippen LogP) is 3.49. The fraction of sp³-hybridized carbons (Fsp3) is 0.318. The Bertz CT molecular complexity index is 1400. The molecule has 1 aliphatic heterocycles. The molecule has 0 spiro atoms. The van der Waals surface area contributed by atoms with Crippen molar-refractivity contribution in [3.8, 4) is 0 Å². The van der Waals surface area contributed by atoms with Crippen molar-refractivity contribution in [2.45, 2.75) is 44.2 Å². The van der Waals surface area contributed by atoms with Crippen LogP contribution < -0.4 is 22.6 Å². The zero-order valence-corrected chi connectivity index (χ0v) is 21.7. The molecular formula is C22H24BrCl2N8O2+. The van der Waals surface area contributed by atoms with E-state index in [-0.39, 0.29) is 22.5 Å². The number of rotatable bonds is 2. The smallest absolute Gasteiger partial charge is 0.279 e. The molecule has 10 nitrogen and oxygen atoms in total. The predicted molar refractivity (Wildman–Crippen MR) is 142 cm³/mol. The number of aromatic nitrogens is 4. The van der Waals surface area contributed by atoms with Gasteiger partial charge >= 0.3 is 0 Å². The number of nitrogen functional groups attached to an aromatic ring is 2. The Hall–Kier alpha value is -2.89. The monoisotopic (exact) mass is 581 g/mol. The number of hydrogen-bond donors (Lipinski definition) is 3. The van der Waals surface area contributed by atoms with Crippen LogP contribution in [0.4, 0.5) is 11.4 Å². The van der Waals surface area contributed by atoms with Gasteiger partial charge in [0.25, 0.3) is 11.1 Å². The lowest BCUT2D eigenvalue weighted by molar-refractivity contribution is -0.540. The lowest BCUT2D eigenvalue weighted by atomic mass is 10.3. The van der Waals surface area contributed by atoms with Gasteiger partial charge in [-0.3, -0.25) is 18.8 Å². The van der Waals surface area contributed by atoms with Gasteiger partial charge in [-0.1, -0.05) is 27.9 Å². The lowest BCUT2D eigenvalue weighted by Crippen LogP contribution is -2.28. The second kappa shape index (κ2) is 10.8. The number of nitrogens with two attached hydrogens (primary N) is 2. The number of halogens is 3. The van der Waals surface area contributed by atoms with Crippen molar-refractivity contribution in [1.82, 2.24) is 19.3 Å². The highest BCUT2D eigenvalue weighted by atomic mass is 79.9. The maximum Gasteiger partial charge on any atom is 0.279 e. The van der Waals surface area contributed by atoms with Crippen LogP contribution in [0.25, 0.3) is 0 Å². The molecule has 0 atom stereocenters. The molecule has 2 saturated carbocycles. The molecule has 0 radical (unpaired) electrons. The number of aromatic amines is 1. The minimum Gasteiger partial charge on any atom is -0.394 e. The number of nitrogens with zero attached hydrogens (tertiary/aromatic N) is 5. The van der Waals surface area contributed by atoms with Crippen molar-refractivity contribution in [2.24, 2.45) is 5.10 Å². The number of nitrogens with one attached hydrogen (secondary N) is 1. The number of hydrazone groups is 1. The Morgan fingerprint density at radius 1 is 1.09 bits per heavy atom. The Labute approximate surface area is 219 Å². The molecule has 3 aliphatic rings. The van der Waals surface area contributed by atoms with Gasteiger partial charge in [0.15, 0.2) is 18.1 Å². The molecule has 184 valence electrons. The van der Waals surface area contributed by atoms with Gasteiger partial charge in [-0.05, 0) is 47.0 Å². The van der Waals surface area contributed by atoms with Crippen LogP contribution in [-0.2, 0) is 0 Å². The number of pyridine rings is 2. The van der Waals surface area contributed by atoms with Crippen LogP contribution in [0.5, 0.6) is 0 Å². The minimum absolute atomic E-state index is 0.141. The van der Waals surface area contributed by atoms with Crippen molar-refractivity contribution >= 4 is 62.6 Å². The van der Waals surface area contributed by atoms with Gasteiger partial charge in [0.1, 0.15) is 4.60 Å². The van der Waals surface area contributed by atoms with E-state index < -0.39 is 0 Å². The first-order chi connectivity index (χ1) is 16.7. The van der Waals surface area contributed by atoms with E-state index in [1.165, 1.54) is 48.6 Å². The summed E-state index contributed by atoms with van der Waals surface area (Å²) in [6.45, 7) is 0. The highest BCUT2D eigenvalue weighted by molar-refractivity contribution is 9.10. The highest BCUT2D eigenvalue weighted by Crippen LogP contribution is 2.34. The molecule has 2 fully saturated rings. The first-order valence-corrected chi connectivity index (χ1v) is 12.5. The van der Waals surface area contributed by atoms with Crippen molar-refractivity contribution in [3.63, 3.8) is 0 Å². The van der Waals surface area contributed by atoms with E-state index in [2.05, 4.69) is 31.1 Å². The molecular weight excluding hydrogens is 559 g/mol. The third kappa shape index (κ3) is 6.83. The van der Waals surface area contributed by atoms with E-state index >= 15 is 0 Å². The quantitative estimate of drug-likeness (QED) is 0.397. The molecule has 3 aromatic heterocycles. The molecule has 35 heavy (non-hydrogen) atoms. The average Bonchev–Trinajstić information content (AvgIpc) is 3.76. The topological polar surface area (TPSA) is 140 Å². The van der Waals surface area contributed by atoms with E-state index in [9.17, 15) is 9.59 Å². The van der Waals surface area contributed by atoms with E-state index in [1.807, 2.05) is 27.8 Å². The average molecular weight is 583 g/mol. The zero-order chi connectivity index (χ0) is 25.1. The van der Waals surface area contributed by atoms with E-state index in [1.54, 1.807) is 6.20 Å². The van der Waals surface area contributed by atoms with Crippen molar-refractivity contribution in [1.29, 1.82) is 0 Å². The molecule has 0 saturated heterocycles. The summed E-state index contributed by atoms with van der Waals surface area (Å²) in [5, 5.41) is 9.49. The van der Waals surface area contributed by atoms with Crippen LogP contribution in [0, 0.1) is 0 Å². The maximum absolute atomic E-state index is 11.9. The summed E-state index contributed by atoms with van der Waals surface area (Å²) in [5.74, 6) is 0.677. The molecule has 2 aliphatic carbocycles. The van der Waals surface area contributed by atoms with Gasteiger partial charge in [0, 0.05) is 36.5 Å². The summed E-state index contributed by atoms with van der Waals surface area (Å²) < 4.78 is 6.31. The third-order valence-corrected chi connectivity index (χ3v) is 6.14. The zero-order valence-electron chi connectivity index (χ0n) is 18.6. The van der Waals surface area contributed by atoms with Gasteiger partial charge in [-0.2, -0.15) is 5.10 Å². The molecule has 13 heteroatoms. The van der Waals surface area contributed by atoms with E-state index in [0.29, 0.717) is 34.4 Å². The summed E-state index contributed by atoms with van der Waals surface area (Å²) >= 11 is 14.7. The van der Waals surface area contributed by atoms with Crippen LogP contribution in [0.15, 0.2) is 56.1 Å². The number of hydrogen-bond acceptors (Lipinski definition) is 6. The van der Waals surface area contributed by atoms with Crippen LogP contribution in [-0.4, -0.2) is 42.1 Å². The van der Waals surface area contributed by atoms with Crippen LogP contribution in [0.3, 0.4) is 0 Å². The Morgan fingerprint density at radius 2 is 1.80 bits per heavy atom. The SMILES string of the molecule is Brc1ccn(C2CC2)n1.Nc1cc(Cl)c[nH]c1=O.Nc1cc(Cl)cn(C2=N[N+](C3CC3)=CC2)c1=O. The largest absolute Gasteiger partial charge is 0.394 e. The normalized spacial score (nSPS) is 16.4. The Balaban J connectivity index is 0.000000136. The first kappa shape index (κ1) is 25.2. The Kier molecular flexibility index (Phi) is 7.78. The second-order valence-corrected chi connectivity index (χ2v) is 9.94. The molecule has 0 unspecified atom stereocenters. The number of H-pyrrole nitrogens is 1. The lowest BCUT2D eigenvalue weighted by Gasteiger charge is -2.03. The van der Waals surface area contributed by atoms with Crippen LogP contribution in [0.1, 0.15) is 38.1 Å². The van der Waals surface area contributed by atoms with Crippen molar-refractivity contribution in [2.75, 3.05) is 11.5 Å². The van der Waals surface area contributed by atoms with Gasteiger partial charge in [-0.15, -0.1) is 0 Å². The van der Waals surface area contributed by atoms with Gasteiger partial charge in [0.2, 0.25) is 0 Å². The summed E-state index contributed by atoms with van der Waals surface area (Å²) in [6, 6.07) is 6.05. The first-order valence-electron chi connectivity index (χ1n) is 10.9. The van der Waals surface area contributed by atoms with Gasteiger partial charge in [-0.25, -0.2) is 0 Å². The molecule has 0 bridgehead atoms. The second-order valence-electron chi connectivity index (χ2n) is 8.25. The summed E-state index contributed by atoms with van der Waals surface area (Å²) in [5.41, 5.74) is 10.5. The Morgan fingerprint density at radius 3 is 2.37 bits per heavy atom. The molecule has 5 N–H and O–H groups in total. The van der Waals surface area contributed by atoms with E-state index in [4.69, 9.17) is 34.7 Å². The summed E-state index contributed by atoms with van der Waals surface area (Å²) in [4.78, 5) is 24.8. The maximum atomic E-state index is 11.9. The highest BCUT2D eigenvalue weighted by Gasteiger charge is 2.37. The molecule has 3 aromatic rings. The minimum atomic E-state index is -0.306. The molecule has 0 aromatic carbocycles. The standard InChI is InChI=1S/C11H12ClN4O.C6H7BrN2.C5H5ClN2O/c12-7-5-9(13)11(17)15(6-7)10-3-4-16(14-10)8-1-2-8;7-6-3-4-9(8-6)5-1-2-5;6-3-1-4(7)5(9)8-2-3/h4-6,8H,1-3,13H2;3-5H,1-2H2;1-2H,7H2,(H,8,9)/q+1;;. The van der Waals surface area contributed by atoms with Gasteiger partial charge in [0.05, 0.1) is 33.9 Å². The van der Waals surface area contributed by atoms with Crippen LogP contribution >= 0.6 is 39.1 Å². The van der Waals surface area contributed by atoms with E-state index in [0.717, 1.165) is 4.60 Å². The molecule has 0 amide bonds. The fourth-order valence-corrected chi connectivity index (χ4v) is 3.89. The fourth-order valence-electron chi connectivity index (χ4n) is 3.20. The van der Waals surface area contributed by atoms with Crippen molar-refractivity contribution in [3.05, 3.63) is 72.1 Å². The van der Waals surface area contributed by atoms with Crippen molar-refractivity contribution < 1.29 is 4.68 Å². The summed E-state index contributed by atoms with van der Waals surface area (Å²) in [6.07, 6.45) is 12.5. The molecule has 6 rings (SSSR count).